The van der Waals surface area contributed by atoms with Crippen molar-refractivity contribution >= 4 is 5.78 Å². The van der Waals surface area contributed by atoms with Crippen LogP contribution in [0.5, 0.6) is 5.75 Å². The van der Waals surface area contributed by atoms with Crippen LogP contribution in [-0.4, -0.2) is 12.4 Å². The molecule has 0 unspecified atom stereocenters. The zero-order valence-electron chi connectivity index (χ0n) is 13.7. The Morgan fingerprint density at radius 3 is 2.41 bits per heavy atom. The highest BCUT2D eigenvalue weighted by molar-refractivity contribution is 6.04. The molecule has 0 amide bonds. The fraction of sp³-hybridized carbons (Fsp3) is 0.550. The van der Waals surface area contributed by atoms with Crippen LogP contribution in [0.4, 0.5) is 0 Å². The Bertz CT molecular complexity index is 467. The van der Waals surface area contributed by atoms with E-state index in [0.29, 0.717) is 11.5 Å². The number of allylic oxidation sites excluding steroid dienone is 1. The molecule has 1 aromatic rings. The molecule has 0 aliphatic heterocycles. The van der Waals surface area contributed by atoms with Gasteiger partial charge in [-0.05, 0) is 55.0 Å². The molecule has 1 saturated carbocycles. The minimum atomic E-state index is -0.0445. The van der Waals surface area contributed by atoms with Gasteiger partial charge in [0.25, 0.3) is 0 Å². The maximum Gasteiger partial charge on any atom is 0.185 e. The molecular weight excluding hydrogens is 272 g/mol. The number of unbranched alkanes of at least 4 members (excludes halogenated alkanes) is 1. The van der Waals surface area contributed by atoms with Gasteiger partial charge in [-0.3, -0.25) is 4.79 Å². The third-order valence-corrected chi connectivity index (χ3v) is 4.74. The predicted molar refractivity (Wildman–Crippen MR) is 91.4 cm³/mol. The van der Waals surface area contributed by atoms with Crippen molar-refractivity contribution in [1.82, 2.24) is 0 Å². The summed E-state index contributed by atoms with van der Waals surface area (Å²) in [6, 6.07) is 7.37. The minimum absolute atomic E-state index is 0.0445. The Morgan fingerprint density at radius 2 is 1.82 bits per heavy atom. The molecule has 2 rings (SSSR count). The van der Waals surface area contributed by atoms with E-state index in [9.17, 15) is 4.79 Å². The van der Waals surface area contributed by atoms with Crippen LogP contribution >= 0.6 is 0 Å². The van der Waals surface area contributed by atoms with E-state index in [4.69, 9.17) is 4.74 Å². The van der Waals surface area contributed by atoms with E-state index in [1.807, 2.05) is 12.1 Å². The van der Waals surface area contributed by atoms with Crippen molar-refractivity contribution in [3.8, 4) is 5.75 Å². The summed E-state index contributed by atoms with van der Waals surface area (Å²) in [7, 11) is 0. The third kappa shape index (κ3) is 5.01. The molecule has 0 spiro atoms. The van der Waals surface area contributed by atoms with E-state index < -0.39 is 0 Å². The molecule has 1 aliphatic carbocycles. The Morgan fingerprint density at radius 1 is 1.18 bits per heavy atom. The number of ketones is 1. The van der Waals surface area contributed by atoms with Gasteiger partial charge in [-0.25, -0.2) is 0 Å². The first kappa shape index (κ1) is 16.8. The molecule has 22 heavy (non-hydrogen) atoms. The summed E-state index contributed by atoms with van der Waals surface area (Å²) in [6.45, 7) is 6.57. The van der Waals surface area contributed by atoms with Crippen molar-refractivity contribution in [2.45, 2.75) is 51.9 Å². The largest absolute Gasteiger partial charge is 0.493 e. The van der Waals surface area contributed by atoms with Gasteiger partial charge >= 0.3 is 0 Å². The average Bonchev–Trinajstić information content (AvgIpc) is 2.58. The topological polar surface area (TPSA) is 26.3 Å². The Balaban J connectivity index is 1.72. The molecule has 120 valence electrons. The van der Waals surface area contributed by atoms with Gasteiger partial charge in [-0.15, -0.1) is 0 Å². The SMILES string of the molecule is C=CC(=O)c1ccc(OCC2CCC(CCCC)CC2)cc1. The summed E-state index contributed by atoms with van der Waals surface area (Å²) in [6.07, 6.45) is 10.7. The number of carbonyl (C=O) groups is 1. The smallest absolute Gasteiger partial charge is 0.185 e. The van der Waals surface area contributed by atoms with Gasteiger partial charge in [-0.1, -0.05) is 45.6 Å². The summed E-state index contributed by atoms with van der Waals surface area (Å²) in [5.74, 6) is 2.44. The van der Waals surface area contributed by atoms with Crippen LogP contribution in [0.3, 0.4) is 0 Å². The molecule has 2 nitrogen and oxygen atoms in total. The van der Waals surface area contributed by atoms with Crippen LogP contribution in [0.1, 0.15) is 62.2 Å². The fourth-order valence-corrected chi connectivity index (χ4v) is 3.23. The zero-order chi connectivity index (χ0) is 15.8. The number of ether oxygens (including phenoxy) is 1. The lowest BCUT2D eigenvalue weighted by molar-refractivity contribution is 0.104. The van der Waals surface area contributed by atoms with Crippen molar-refractivity contribution in [1.29, 1.82) is 0 Å². The normalized spacial score (nSPS) is 21.3. The highest BCUT2D eigenvalue weighted by Gasteiger charge is 2.21. The van der Waals surface area contributed by atoms with Crippen LogP contribution in [0, 0.1) is 11.8 Å². The molecule has 0 atom stereocenters. The zero-order valence-corrected chi connectivity index (χ0v) is 13.7. The molecule has 1 fully saturated rings. The molecule has 1 aromatic carbocycles. The van der Waals surface area contributed by atoms with Gasteiger partial charge in [-0.2, -0.15) is 0 Å². The summed E-state index contributed by atoms with van der Waals surface area (Å²) >= 11 is 0. The Kier molecular flexibility index (Phi) is 6.70. The van der Waals surface area contributed by atoms with Crippen LogP contribution in [0.25, 0.3) is 0 Å². The van der Waals surface area contributed by atoms with Gasteiger partial charge < -0.3 is 4.74 Å². The summed E-state index contributed by atoms with van der Waals surface area (Å²) in [5.41, 5.74) is 0.666. The Labute approximate surface area is 134 Å². The van der Waals surface area contributed by atoms with Crippen LogP contribution in [0.15, 0.2) is 36.9 Å². The van der Waals surface area contributed by atoms with E-state index >= 15 is 0 Å². The molecule has 0 N–H and O–H groups in total. The lowest BCUT2D eigenvalue weighted by Crippen LogP contribution is -2.20. The summed E-state index contributed by atoms with van der Waals surface area (Å²) in [5, 5.41) is 0. The highest BCUT2D eigenvalue weighted by Crippen LogP contribution is 2.32. The van der Waals surface area contributed by atoms with Crippen LogP contribution in [-0.2, 0) is 0 Å². The first-order valence-electron chi connectivity index (χ1n) is 8.62. The molecule has 0 heterocycles. The number of carbonyl (C=O) groups excluding carboxylic acids is 1. The quantitative estimate of drug-likeness (QED) is 0.472. The van der Waals surface area contributed by atoms with E-state index in [1.165, 1.54) is 51.0 Å². The first-order chi connectivity index (χ1) is 10.7. The van der Waals surface area contributed by atoms with Gasteiger partial charge in [0.2, 0.25) is 0 Å². The monoisotopic (exact) mass is 300 g/mol. The molecule has 1 aliphatic rings. The van der Waals surface area contributed by atoms with Gasteiger partial charge in [0, 0.05) is 5.56 Å². The minimum Gasteiger partial charge on any atom is -0.493 e. The second-order valence-corrected chi connectivity index (χ2v) is 6.43. The molecule has 0 saturated heterocycles. The average molecular weight is 300 g/mol. The van der Waals surface area contributed by atoms with Crippen molar-refractivity contribution < 1.29 is 9.53 Å². The van der Waals surface area contributed by atoms with Crippen molar-refractivity contribution in [3.63, 3.8) is 0 Å². The van der Waals surface area contributed by atoms with E-state index in [1.54, 1.807) is 12.1 Å². The molecule has 0 aromatic heterocycles. The predicted octanol–water partition coefficient (Wildman–Crippen LogP) is 5.43. The maximum absolute atomic E-state index is 11.5. The number of hydrogen-bond acceptors (Lipinski definition) is 2. The highest BCUT2D eigenvalue weighted by atomic mass is 16.5. The first-order valence-corrected chi connectivity index (χ1v) is 8.62. The number of benzene rings is 1. The van der Waals surface area contributed by atoms with Gasteiger partial charge in [0.05, 0.1) is 6.61 Å². The van der Waals surface area contributed by atoms with Crippen molar-refractivity contribution in [3.05, 3.63) is 42.5 Å². The summed E-state index contributed by atoms with van der Waals surface area (Å²) in [4.78, 5) is 11.5. The summed E-state index contributed by atoms with van der Waals surface area (Å²) < 4.78 is 5.89. The van der Waals surface area contributed by atoms with Crippen molar-refractivity contribution in [2.24, 2.45) is 11.8 Å². The second kappa shape index (κ2) is 8.77. The molecule has 0 bridgehead atoms. The molecule has 0 radical (unpaired) electrons. The maximum atomic E-state index is 11.5. The lowest BCUT2D eigenvalue weighted by atomic mass is 9.80. The molecule has 2 heteroatoms. The van der Waals surface area contributed by atoms with E-state index in [0.717, 1.165) is 18.3 Å². The van der Waals surface area contributed by atoms with Gasteiger partial charge in [0.1, 0.15) is 5.75 Å². The van der Waals surface area contributed by atoms with Gasteiger partial charge in [0.15, 0.2) is 5.78 Å². The fourth-order valence-electron chi connectivity index (χ4n) is 3.23. The number of hydrogen-bond donors (Lipinski definition) is 0. The Hall–Kier alpha value is -1.57. The molecular formula is C20H28O2. The lowest BCUT2D eigenvalue weighted by Gasteiger charge is -2.28. The van der Waals surface area contributed by atoms with E-state index in [-0.39, 0.29) is 5.78 Å². The van der Waals surface area contributed by atoms with Crippen LogP contribution < -0.4 is 4.74 Å². The van der Waals surface area contributed by atoms with E-state index in [2.05, 4.69) is 13.5 Å². The third-order valence-electron chi connectivity index (χ3n) is 4.74. The number of rotatable bonds is 8. The van der Waals surface area contributed by atoms with Crippen LogP contribution in [0.2, 0.25) is 0 Å². The van der Waals surface area contributed by atoms with Crippen molar-refractivity contribution in [2.75, 3.05) is 6.61 Å². The standard InChI is InChI=1S/C20H28O2/c1-3-5-6-16-7-9-17(10-8-16)15-22-19-13-11-18(12-14-19)20(21)4-2/h4,11-14,16-17H,2-3,5-10,15H2,1H3. The second-order valence-electron chi connectivity index (χ2n) is 6.43.